The van der Waals surface area contributed by atoms with E-state index in [0.29, 0.717) is 35.7 Å². The number of hydrogen-bond acceptors (Lipinski definition) is 8. The predicted octanol–water partition coefficient (Wildman–Crippen LogP) is 2.96. The molecule has 186 valence electrons. The number of rotatable bonds is 4. The summed E-state index contributed by atoms with van der Waals surface area (Å²) in [5.74, 6) is 0.535. The van der Waals surface area contributed by atoms with Gasteiger partial charge in [0.1, 0.15) is 4.60 Å². The van der Waals surface area contributed by atoms with Crippen molar-refractivity contribution >= 4 is 59.6 Å². The van der Waals surface area contributed by atoms with Gasteiger partial charge in [-0.1, -0.05) is 6.07 Å². The molecule has 1 N–H and O–H groups in total. The third-order valence-corrected chi connectivity index (χ3v) is 9.18. The highest BCUT2D eigenvalue weighted by Gasteiger charge is 2.35. The number of carbonyl (C=O) groups excluding carboxylic acids is 1. The summed E-state index contributed by atoms with van der Waals surface area (Å²) >= 11 is 3.52. The van der Waals surface area contributed by atoms with Crippen LogP contribution in [0.5, 0.6) is 0 Å². The number of nitrogens with one attached hydrogen (secondary N) is 1. The highest BCUT2D eigenvalue weighted by atomic mass is 79.9. The number of pyridine rings is 1. The summed E-state index contributed by atoms with van der Waals surface area (Å²) in [7, 11) is -3.01. The number of sulfone groups is 1. The Balaban J connectivity index is 1.20. The van der Waals surface area contributed by atoms with Gasteiger partial charge in [0.15, 0.2) is 15.5 Å². The van der Waals surface area contributed by atoms with E-state index in [2.05, 4.69) is 36.3 Å². The predicted molar refractivity (Wildman–Crippen MR) is 140 cm³/mol. The lowest BCUT2D eigenvalue weighted by atomic mass is 10.1. The molecule has 36 heavy (non-hydrogen) atoms. The zero-order valence-corrected chi connectivity index (χ0v) is 21.7. The zero-order valence-electron chi connectivity index (χ0n) is 19.3. The van der Waals surface area contributed by atoms with Crippen LogP contribution in [0, 0.1) is 5.92 Å². The van der Waals surface area contributed by atoms with Gasteiger partial charge in [0.05, 0.1) is 28.1 Å². The van der Waals surface area contributed by atoms with E-state index in [0.717, 1.165) is 34.8 Å². The molecule has 1 aromatic carbocycles. The van der Waals surface area contributed by atoms with Crippen LogP contribution in [-0.4, -0.2) is 74.6 Å². The Hall–Kier alpha value is -3.12. The van der Waals surface area contributed by atoms with Gasteiger partial charge in [0.25, 0.3) is 0 Å². The Morgan fingerprint density at radius 3 is 2.78 bits per heavy atom. The molecular formula is C24H24BrN7O3S. The minimum absolute atomic E-state index is 0.0535. The Morgan fingerprint density at radius 2 is 1.94 bits per heavy atom. The largest absolute Gasteiger partial charge is 0.351 e. The number of aromatic nitrogens is 5. The van der Waals surface area contributed by atoms with Crippen molar-refractivity contribution in [2.24, 2.45) is 5.92 Å². The van der Waals surface area contributed by atoms with Crippen LogP contribution >= 0.6 is 15.9 Å². The molecule has 0 radical (unpaired) electrons. The van der Waals surface area contributed by atoms with Gasteiger partial charge in [-0.2, -0.15) is 10.1 Å². The number of amides is 1. The first kappa shape index (κ1) is 23.3. The molecular weight excluding hydrogens is 546 g/mol. The van der Waals surface area contributed by atoms with Gasteiger partial charge in [0.2, 0.25) is 11.9 Å². The second-order valence-corrected chi connectivity index (χ2v) is 12.4. The maximum absolute atomic E-state index is 12.9. The van der Waals surface area contributed by atoms with Gasteiger partial charge in [0, 0.05) is 42.8 Å². The summed E-state index contributed by atoms with van der Waals surface area (Å²) in [4.78, 5) is 28.3. The molecule has 2 fully saturated rings. The third kappa shape index (κ3) is 4.43. The first-order valence-corrected chi connectivity index (χ1v) is 14.5. The van der Waals surface area contributed by atoms with E-state index in [9.17, 15) is 13.2 Å². The Morgan fingerprint density at radius 1 is 1.11 bits per heavy atom. The zero-order chi connectivity index (χ0) is 24.9. The van der Waals surface area contributed by atoms with Crippen molar-refractivity contribution in [2.75, 3.05) is 29.9 Å². The van der Waals surface area contributed by atoms with E-state index in [1.54, 1.807) is 22.0 Å². The number of fused-ring (bicyclic) bond motifs is 2. The number of carbonyl (C=O) groups is 1. The highest BCUT2D eigenvalue weighted by molar-refractivity contribution is 9.10. The molecule has 10 nitrogen and oxygen atoms in total. The van der Waals surface area contributed by atoms with Crippen molar-refractivity contribution in [3.63, 3.8) is 0 Å². The average molecular weight is 570 g/mol. The quantitative estimate of drug-likeness (QED) is 0.398. The lowest BCUT2D eigenvalue weighted by Gasteiger charge is -2.29. The monoisotopic (exact) mass is 569 g/mol. The van der Waals surface area contributed by atoms with E-state index in [4.69, 9.17) is 4.98 Å². The van der Waals surface area contributed by atoms with E-state index < -0.39 is 9.84 Å². The van der Waals surface area contributed by atoms with Crippen LogP contribution in [0.25, 0.3) is 27.6 Å². The van der Waals surface area contributed by atoms with E-state index in [1.807, 2.05) is 30.3 Å². The normalized spacial score (nSPS) is 21.8. The number of hydrogen-bond donors (Lipinski definition) is 1. The lowest BCUT2D eigenvalue weighted by Crippen LogP contribution is -2.46. The van der Waals surface area contributed by atoms with Crippen LogP contribution in [0.2, 0.25) is 0 Å². The number of benzene rings is 1. The second-order valence-electron chi connectivity index (χ2n) is 9.34. The van der Waals surface area contributed by atoms with Crippen LogP contribution in [0.1, 0.15) is 19.3 Å². The van der Waals surface area contributed by atoms with Crippen LogP contribution in [0.4, 0.5) is 5.95 Å². The average Bonchev–Trinajstić information content (AvgIpc) is 3.47. The third-order valence-electron chi connectivity index (χ3n) is 6.98. The smallest absolute Gasteiger partial charge is 0.225 e. The molecule has 0 spiro atoms. The van der Waals surface area contributed by atoms with Gasteiger partial charge < -0.3 is 10.2 Å². The Labute approximate surface area is 216 Å². The van der Waals surface area contributed by atoms with Crippen LogP contribution < -0.4 is 5.32 Å². The second kappa shape index (κ2) is 9.07. The summed E-state index contributed by atoms with van der Waals surface area (Å²) in [6.07, 6.45) is 5.77. The van der Waals surface area contributed by atoms with Crippen molar-refractivity contribution in [3.8, 4) is 5.69 Å². The molecule has 1 aliphatic carbocycles. The Bertz CT molecular complexity index is 1580. The molecule has 1 saturated carbocycles. The van der Waals surface area contributed by atoms with Crippen molar-refractivity contribution in [1.29, 1.82) is 0 Å². The molecule has 1 amide bonds. The van der Waals surface area contributed by atoms with Gasteiger partial charge in [-0.15, -0.1) is 0 Å². The van der Waals surface area contributed by atoms with Crippen LogP contribution in [0.15, 0.2) is 47.3 Å². The van der Waals surface area contributed by atoms with Crippen molar-refractivity contribution in [2.45, 2.75) is 25.3 Å². The van der Waals surface area contributed by atoms with Crippen molar-refractivity contribution in [1.82, 2.24) is 29.6 Å². The fourth-order valence-corrected chi connectivity index (χ4v) is 6.66. The van der Waals surface area contributed by atoms with E-state index in [1.165, 1.54) is 0 Å². The number of anilines is 1. The first-order valence-electron chi connectivity index (χ1n) is 11.9. The SMILES string of the molecule is O=C([C@@H]1CC[C@@H](Nc2ncc3c(Br)nn(-c4ccc5ncccc5c4)c3n2)C1)N1CCS(=O)(=O)CC1. The molecule has 0 bridgehead atoms. The molecule has 12 heteroatoms. The molecule has 4 aromatic rings. The number of halogens is 1. The molecule has 4 heterocycles. The van der Waals surface area contributed by atoms with Gasteiger partial charge in [-0.05, 0) is 59.5 Å². The minimum atomic E-state index is -3.01. The molecule has 0 unspecified atom stereocenters. The highest BCUT2D eigenvalue weighted by Crippen LogP contribution is 2.31. The fraction of sp³-hybridized carbons (Fsp3) is 0.375. The molecule has 2 atom stereocenters. The lowest BCUT2D eigenvalue weighted by molar-refractivity contribution is -0.135. The first-order chi connectivity index (χ1) is 17.4. The molecule has 2 aliphatic rings. The topological polar surface area (TPSA) is 123 Å². The summed E-state index contributed by atoms with van der Waals surface area (Å²) in [5.41, 5.74) is 2.44. The maximum Gasteiger partial charge on any atom is 0.225 e. The van der Waals surface area contributed by atoms with E-state index >= 15 is 0 Å². The summed E-state index contributed by atoms with van der Waals surface area (Å²) in [6.45, 7) is 0.582. The fourth-order valence-electron chi connectivity index (χ4n) is 5.02. The standard InChI is InChI=1S/C24H24BrN7O3S/c25-21-19-14-27-24(28-17-4-3-16(12-17)23(33)31-8-10-36(34,35)11-9-31)29-22(19)32(30-21)18-5-6-20-15(13-18)2-1-7-26-20/h1-2,5-7,13-14,16-17H,3-4,8-12H2,(H,27,28,29)/t16-,17-/m1/s1. The van der Waals surface area contributed by atoms with Gasteiger partial charge in [-0.25, -0.2) is 18.1 Å². The molecule has 3 aromatic heterocycles. The molecule has 1 saturated heterocycles. The van der Waals surface area contributed by atoms with E-state index in [-0.39, 0.29) is 29.4 Å². The molecule has 1 aliphatic heterocycles. The van der Waals surface area contributed by atoms with Crippen molar-refractivity contribution in [3.05, 3.63) is 47.3 Å². The maximum atomic E-state index is 12.9. The summed E-state index contributed by atoms with van der Waals surface area (Å²) in [5, 5.41) is 9.83. The summed E-state index contributed by atoms with van der Waals surface area (Å²) < 4.78 is 25.8. The summed E-state index contributed by atoms with van der Waals surface area (Å²) in [6, 6.07) is 9.92. The van der Waals surface area contributed by atoms with Crippen LogP contribution in [-0.2, 0) is 14.6 Å². The number of nitrogens with zero attached hydrogens (tertiary/aromatic N) is 6. The molecule has 6 rings (SSSR count). The Kier molecular flexibility index (Phi) is 5.87. The van der Waals surface area contributed by atoms with Crippen LogP contribution in [0.3, 0.4) is 0 Å². The van der Waals surface area contributed by atoms with Crippen molar-refractivity contribution < 1.29 is 13.2 Å². The van der Waals surface area contributed by atoms with Gasteiger partial charge >= 0.3 is 0 Å². The minimum Gasteiger partial charge on any atom is -0.351 e. The van der Waals surface area contributed by atoms with Gasteiger partial charge in [-0.3, -0.25) is 9.78 Å².